The molecule has 102 valence electrons. The van der Waals surface area contributed by atoms with Gasteiger partial charge in [0.25, 0.3) is 10.0 Å². The van der Waals surface area contributed by atoms with Crippen LogP contribution in [0.3, 0.4) is 0 Å². The van der Waals surface area contributed by atoms with Crippen molar-refractivity contribution >= 4 is 16.0 Å². The van der Waals surface area contributed by atoms with Crippen LogP contribution in [-0.4, -0.2) is 38.7 Å². The third kappa shape index (κ3) is 3.56. The number of ether oxygens (including phenoxy) is 1. The van der Waals surface area contributed by atoms with E-state index in [1.807, 2.05) is 0 Å². The molecule has 0 aliphatic carbocycles. The van der Waals surface area contributed by atoms with Gasteiger partial charge in [-0.3, -0.25) is 0 Å². The van der Waals surface area contributed by atoms with E-state index in [9.17, 15) is 13.2 Å². The van der Waals surface area contributed by atoms with E-state index >= 15 is 0 Å². The van der Waals surface area contributed by atoms with Crippen LogP contribution in [0.15, 0.2) is 21.6 Å². The number of methoxy groups -OCH3 is 1. The third-order valence-electron chi connectivity index (χ3n) is 1.97. The quantitative estimate of drug-likeness (QED) is 0.792. The van der Waals surface area contributed by atoms with Crippen molar-refractivity contribution in [3.05, 3.63) is 17.9 Å². The lowest BCUT2D eigenvalue weighted by molar-refractivity contribution is 0.0656. The maximum absolute atomic E-state index is 11.9. The number of nitrogens with one attached hydrogen (secondary N) is 1. The summed E-state index contributed by atoms with van der Waals surface area (Å²) in [5.74, 6) is -1.76. The monoisotopic (exact) mass is 277 g/mol. The van der Waals surface area contributed by atoms with Crippen LogP contribution < -0.4 is 4.72 Å². The molecule has 1 rings (SSSR count). The molecule has 0 saturated carbocycles. The average molecular weight is 277 g/mol. The van der Waals surface area contributed by atoms with Crippen molar-refractivity contribution in [2.45, 2.75) is 24.5 Å². The highest BCUT2D eigenvalue weighted by Gasteiger charge is 2.29. The van der Waals surface area contributed by atoms with Gasteiger partial charge in [-0.2, -0.15) is 0 Å². The number of hydrogen-bond acceptors (Lipinski definition) is 5. The van der Waals surface area contributed by atoms with Crippen molar-refractivity contribution in [3.63, 3.8) is 0 Å². The molecule has 0 atom stereocenters. The molecule has 0 radical (unpaired) electrons. The Morgan fingerprint density at radius 1 is 1.50 bits per heavy atom. The molecule has 7 nitrogen and oxygen atoms in total. The molecular formula is C10H15NO6S. The highest BCUT2D eigenvalue weighted by Crippen LogP contribution is 2.16. The van der Waals surface area contributed by atoms with Crippen LogP contribution >= 0.6 is 0 Å². The van der Waals surface area contributed by atoms with E-state index in [2.05, 4.69) is 4.72 Å². The van der Waals surface area contributed by atoms with Crippen LogP contribution in [0, 0.1) is 0 Å². The summed E-state index contributed by atoms with van der Waals surface area (Å²) in [6, 6.07) is 2.18. The van der Waals surface area contributed by atoms with Gasteiger partial charge in [-0.15, -0.1) is 0 Å². The number of rotatable bonds is 6. The van der Waals surface area contributed by atoms with Gasteiger partial charge in [0, 0.05) is 7.11 Å². The van der Waals surface area contributed by atoms with Crippen molar-refractivity contribution < 1.29 is 27.5 Å². The predicted octanol–water partition coefficient (Wildman–Crippen LogP) is 0.681. The molecule has 0 aliphatic heterocycles. The number of furan rings is 1. The van der Waals surface area contributed by atoms with E-state index in [1.54, 1.807) is 13.8 Å². The lowest BCUT2D eigenvalue weighted by Crippen LogP contribution is -2.46. The first-order valence-electron chi connectivity index (χ1n) is 5.04. The number of sulfonamides is 1. The van der Waals surface area contributed by atoms with E-state index in [4.69, 9.17) is 14.3 Å². The first-order valence-corrected chi connectivity index (χ1v) is 6.52. The smallest absolute Gasteiger partial charge is 0.371 e. The molecule has 2 N–H and O–H groups in total. The van der Waals surface area contributed by atoms with Crippen molar-refractivity contribution in [1.82, 2.24) is 4.72 Å². The molecule has 8 heteroatoms. The van der Waals surface area contributed by atoms with Crippen molar-refractivity contribution in [2.75, 3.05) is 13.7 Å². The predicted molar refractivity (Wildman–Crippen MR) is 61.9 cm³/mol. The van der Waals surface area contributed by atoms with Crippen LogP contribution in [-0.2, 0) is 14.8 Å². The van der Waals surface area contributed by atoms with Crippen LogP contribution in [0.2, 0.25) is 0 Å². The largest absolute Gasteiger partial charge is 0.475 e. The maximum atomic E-state index is 11.9. The molecule has 0 fully saturated rings. The standard InChI is InChI=1S/C10H15NO6S/c1-10(2,6-16-3)11-18(14,15)8-5-4-7(17-8)9(12)13/h4-5,11H,6H2,1-3H3,(H,12,13). The molecule has 0 aliphatic rings. The van der Waals surface area contributed by atoms with Crippen LogP contribution in [0.4, 0.5) is 0 Å². The summed E-state index contributed by atoms with van der Waals surface area (Å²) >= 11 is 0. The zero-order valence-corrected chi connectivity index (χ0v) is 11.1. The van der Waals surface area contributed by atoms with Gasteiger partial charge in [-0.1, -0.05) is 0 Å². The molecule has 0 unspecified atom stereocenters. The fourth-order valence-electron chi connectivity index (χ4n) is 1.38. The highest BCUT2D eigenvalue weighted by atomic mass is 32.2. The molecule has 1 heterocycles. The van der Waals surface area contributed by atoms with E-state index in [0.29, 0.717) is 0 Å². The van der Waals surface area contributed by atoms with E-state index < -0.39 is 32.4 Å². The van der Waals surface area contributed by atoms with E-state index in [0.717, 1.165) is 12.1 Å². The van der Waals surface area contributed by atoms with Gasteiger partial charge in [-0.25, -0.2) is 17.9 Å². The van der Waals surface area contributed by atoms with E-state index in [-0.39, 0.29) is 6.61 Å². The molecule has 0 aromatic carbocycles. The van der Waals surface area contributed by atoms with Crippen LogP contribution in [0.5, 0.6) is 0 Å². The van der Waals surface area contributed by atoms with Gasteiger partial charge >= 0.3 is 5.97 Å². The maximum Gasteiger partial charge on any atom is 0.371 e. The van der Waals surface area contributed by atoms with Crippen LogP contribution in [0.25, 0.3) is 0 Å². The molecule has 0 spiro atoms. The number of carboxylic acid groups (broad SMARTS) is 1. The second-order valence-electron chi connectivity index (χ2n) is 4.35. The summed E-state index contributed by atoms with van der Waals surface area (Å²) in [6.45, 7) is 3.43. The number of aromatic carboxylic acids is 1. The van der Waals surface area contributed by atoms with Gasteiger partial charge in [0.15, 0.2) is 0 Å². The third-order valence-corrected chi connectivity index (χ3v) is 3.54. The molecule has 18 heavy (non-hydrogen) atoms. The Bertz CT molecular complexity index is 530. The molecule has 0 bridgehead atoms. The Labute approximate surface area is 105 Å². The fourth-order valence-corrected chi connectivity index (χ4v) is 2.72. The van der Waals surface area contributed by atoms with Gasteiger partial charge in [0.1, 0.15) is 0 Å². The minimum atomic E-state index is -3.91. The number of carboxylic acids is 1. The van der Waals surface area contributed by atoms with Gasteiger partial charge < -0.3 is 14.3 Å². The Morgan fingerprint density at radius 2 is 2.11 bits per heavy atom. The number of hydrogen-bond donors (Lipinski definition) is 2. The second-order valence-corrected chi connectivity index (χ2v) is 5.96. The normalized spacial score (nSPS) is 12.6. The minimum absolute atomic E-state index is 0.165. The van der Waals surface area contributed by atoms with Crippen molar-refractivity contribution in [1.29, 1.82) is 0 Å². The summed E-state index contributed by atoms with van der Waals surface area (Å²) in [6.07, 6.45) is 0. The minimum Gasteiger partial charge on any atom is -0.475 e. The van der Waals surface area contributed by atoms with Gasteiger partial charge in [0.2, 0.25) is 10.9 Å². The van der Waals surface area contributed by atoms with Gasteiger partial charge in [0.05, 0.1) is 12.1 Å². The zero-order valence-electron chi connectivity index (χ0n) is 10.3. The molecule has 0 saturated heterocycles. The Hall–Kier alpha value is -1.38. The first-order chi connectivity index (χ1) is 8.18. The van der Waals surface area contributed by atoms with Crippen molar-refractivity contribution in [3.8, 4) is 0 Å². The topological polar surface area (TPSA) is 106 Å². The average Bonchev–Trinajstić information content (AvgIpc) is 2.64. The molecular weight excluding hydrogens is 262 g/mol. The lowest BCUT2D eigenvalue weighted by atomic mass is 10.1. The SMILES string of the molecule is COCC(C)(C)NS(=O)(=O)c1ccc(C(=O)O)o1. The van der Waals surface area contributed by atoms with Crippen LogP contribution in [0.1, 0.15) is 24.4 Å². The van der Waals surface area contributed by atoms with Crippen molar-refractivity contribution in [2.24, 2.45) is 0 Å². The summed E-state index contributed by atoms with van der Waals surface area (Å²) in [7, 11) is -2.46. The molecule has 1 aromatic heterocycles. The lowest BCUT2D eigenvalue weighted by Gasteiger charge is -2.23. The van der Waals surface area contributed by atoms with Gasteiger partial charge in [-0.05, 0) is 26.0 Å². The summed E-state index contributed by atoms with van der Waals surface area (Å²) < 4.78 is 35.8. The summed E-state index contributed by atoms with van der Waals surface area (Å²) in [4.78, 5) is 10.6. The Balaban J connectivity index is 2.96. The molecule has 1 aromatic rings. The highest BCUT2D eigenvalue weighted by molar-refractivity contribution is 7.89. The fraction of sp³-hybridized carbons (Fsp3) is 0.500. The van der Waals surface area contributed by atoms with E-state index in [1.165, 1.54) is 7.11 Å². The molecule has 0 amide bonds. The number of carbonyl (C=O) groups is 1. The summed E-state index contributed by atoms with van der Waals surface area (Å²) in [5.41, 5.74) is -0.830. The summed E-state index contributed by atoms with van der Waals surface area (Å²) in [5, 5.41) is 8.21. The Kier molecular flexibility index (Phi) is 4.15. The zero-order chi connectivity index (χ0) is 14.0. The Morgan fingerprint density at radius 3 is 2.56 bits per heavy atom. The second kappa shape index (κ2) is 5.09. The first kappa shape index (κ1) is 14.7.